The first-order chi connectivity index (χ1) is 17.9. The summed E-state index contributed by atoms with van der Waals surface area (Å²) in [5, 5.41) is 18.5. The number of benzene rings is 2. The molecule has 0 radical (unpaired) electrons. The van der Waals surface area contributed by atoms with Crippen molar-refractivity contribution in [2.24, 2.45) is 0 Å². The maximum atomic E-state index is 12.8. The average Bonchev–Trinajstić information content (AvgIpc) is 3.48. The topological polar surface area (TPSA) is 105 Å². The number of fused-ring (bicyclic) bond motifs is 3. The van der Waals surface area contributed by atoms with E-state index in [0.29, 0.717) is 32.4 Å². The van der Waals surface area contributed by atoms with Crippen LogP contribution in [0.15, 0.2) is 63.3 Å². The summed E-state index contributed by atoms with van der Waals surface area (Å²) >= 11 is 2.66. The van der Waals surface area contributed by atoms with E-state index in [9.17, 15) is 14.9 Å². The van der Waals surface area contributed by atoms with Crippen molar-refractivity contribution in [2.45, 2.75) is 20.8 Å². The number of nitriles is 1. The van der Waals surface area contributed by atoms with E-state index in [4.69, 9.17) is 9.15 Å². The van der Waals surface area contributed by atoms with Crippen LogP contribution in [0.4, 0.5) is 5.00 Å². The predicted molar refractivity (Wildman–Crippen MR) is 148 cm³/mol. The van der Waals surface area contributed by atoms with E-state index >= 15 is 0 Å². The number of thiazole rings is 1. The van der Waals surface area contributed by atoms with E-state index in [1.54, 1.807) is 24.4 Å². The lowest BCUT2D eigenvalue weighted by molar-refractivity contribution is 0.0527. The maximum absolute atomic E-state index is 12.8. The van der Waals surface area contributed by atoms with Gasteiger partial charge in [0.1, 0.15) is 27.2 Å². The number of anilines is 1. The van der Waals surface area contributed by atoms with Crippen LogP contribution in [-0.4, -0.2) is 17.6 Å². The Labute approximate surface area is 220 Å². The Kier molecular flexibility index (Phi) is 6.61. The minimum atomic E-state index is -0.496. The highest BCUT2D eigenvalue weighted by atomic mass is 32.1. The molecule has 0 spiro atoms. The lowest BCUT2D eigenvalue weighted by Crippen LogP contribution is -2.07. The number of hydrogen-bond donors (Lipinski definition) is 1. The van der Waals surface area contributed by atoms with Crippen LogP contribution in [0.1, 0.15) is 32.7 Å². The Bertz CT molecular complexity index is 1800. The fourth-order valence-electron chi connectivity index (χ4n) is 4.03. The Hall–Kier alpha value is -4.26. The molecule has 0 amide bonds. The van der Waals surface area contributed by atoms with Crippen LogP contribution >= 0.6 is 22.7 Å². The highest BCUT2D eigenvalue weighted by Gasteiger charge is 2.21. The molecule has 1 N–H and O–H groups in total. The molecule has 184 valence electrons. The lowest BCUT2D eigenvalue weighted by Gasteiger charge is -2.05. The molecule has 0 bridgehead atoms. The summed E-state index contributed by atoms with van der Waals surface area (Å²) in [6.45, 7) is 5.82. The highest BCUT2D eigenvalue weighted by Crippen LogP contribution is 2.34. The fraction of sp³-hybridized carbons (Fsp3) is 0.143. The van der Waals surface area contributed by atoms with Gasteiger partial charge in [-0.25, -0.2) is 14.6 Å². The van der Waals surface area contributed by atoms with E-state index in [2.05, 4.69) is 16.4 Å². The third-order valence-electron chi connectivity index (χ3n) is 5.99. The molecule has 0 aliphatic rings. The van der Waals surface area contributed by atoms with Gasteiger partial charge < -0.3 is 14.5 Å². The SMILES string of the molecule is CCOC(=O)c1c(NC=C(C#N)c2nc(-c3cc4c(ccc5ccccc54)oc3=O)cs2)sc(C)c1C. The van der Waals surface area contributed by atoms with Crippen molar-refractivity contribution in [1.82, 2.24) is 4.98 Å². The number of nitrogens with zero attached hydrogens (tertiary/aromatic N) is 2. The van der Waals surface area contributed by atoms with Gasteiger partial charge in [-0.3, -0.25) is 0 Å². The number of nitrogens with one attached hydrogen (secondary N) is 1. The smallest absolute Gasteiger partial charge is 0.345 e. The van der Waals surface area contributed by atoms with Gasteiger partial charge in [0.05, 0.1) is 23.4 Å². The van der Waals surface area contributed by atoms with Gasteiger partial charge in [0, 0.05) is 21.8 Å². The van der Waals surface area contributed by atoms with Crippen molar-refractivity contribution in [2.75, 3.05) is 11.9 Å². The number of carbonyl (C=O) groups is 1. The van der Waals surface area contributed by atoms with Crippen LogP contribution in [0.3, 0.4) is 0 Å². The standard InChI is InChI=1S/C28H21N3O4S2/c1-4-34-28(33)24-15(2)16(3)37-26(24)30-13-18(12-29)25-31-22(14-36-25)21-11-20-19-8-6-5-7-17(19)9-10-23(20)35-27(21)32/h5-11,13-14,30H,4H2,1-3H3. The van der Waals surface area contributed by atoms with Gasteiger partial charge in [0.2, 0.25) is 0 Å². The number of aromatic nitrogens is 1. The molecule has 0 atom stereocenters. The van der Waals surface area contributed by atoms with Gasteiger partial charge in [-0.05, 0) is 49.2 Å². The van der Waals surface area contributed by atoms with Crippen LogP contribution in [0.5, 0.6) is 0 Å². The molecule has 2 aromatic carbocycles. The van der Waals surface area contributed by atoms with Crippen molar-refractivity contribution >= 4 is 61.0 Å². The average molecular weight is 528 g/mol. The number of carbonyl (C=O) groups excluding carboxylic acids is 1. The minimum Gasteiger partial charge on any atom is -0.462 e. The largest absolute Gasteiger partial charge is 0.462 e. The molecule has 5 rings (SSSR count). The molecular weight excluding hydrogens is 506 g/mol. The van der Waals surface area contributed by atoms with Crippen LogP contribution in [0.2, 0.25) is 0 Å². The summed E-state index contributed by atoms with van der Waals surface area (Å²) in [6, 6.07) is 15.5. The zero-order chi connectivity index (χ0) is 26.1. The van der Waals surface area contributed by atoms with Crippen molar-refractivity contribution in [1.29, 1.82) is 5.26 Å². The summed E-state index contributed by atoms with van der Waals surface area (Å²) in [7, 11) is 0. The summed E-state index contributed by atoms with van der Waals surface area (Å²) < 4.78 is 10.8. The number of esters is 1. The first-order valence-electron chi connectivity index (χ1n) is 11.5. The second-order valence-electron chi connectivity index (χ2n) is 8.21. The Morgan fingerprint density at radius 1 is 1.22 bits per heavy atom. The predicted octanol–water partition coefficient (Wildman–Crippen LogP) is 6.90. The van der Waals surface area contributed by atoms with E-state index in [1.807, 2.05) is 44.2 Å². The third-order valence-corrected chi connectivity index (χ3v) is 8.00. The summed E-state index contributed by atoms with van der Waals surface area (Å²) in [4.78, 5) is 30.8. The van der Waals surface area contributed by atoms with Gasteiger partial charge in [-0.15, -0.1) is 22.7 Å². The van der Waals surface area contributed by atoms with Crippen molar-refractivity contribution in [3.8, 4) is 17.3 Å². The van der Waals surface area contributed by atoms with E-state index in [-0.39, 0.29) is 12.2 Å². The van der Waals surface area contributed by atoms with Crippen LogP contribution in [-0.2, 0) is 4.74 Å². The van der Waals surface area contributed by atoms with Gasteiger partial charge in [-0.2, -0.15) is 5.26 Å². The van der Waals surface area contributed by atoms with Crippen LogP contribution < -0.4 is 10.9 Å². The van der Waals surface area contributed by atoms with Crippen molar-refractivity contribution in [3.05, 3.63) is 85.5 Å². The molecule has 0 aliphatic heterocycles. The second kappa shape index (κ2) is 10.0. The molecule has 5 aromatic rings. The molecule has 0 saturated carbocycles. The molecule has 0 unspecified atom stereocenters. The van der Waals surface area contributed by atoms with Gasteiger partial charge >= 0.3 is 11.6 Å². The monoisotopic (exact) mass is 527 g/mol. The van der Waals surface area contributed by atoms with Crippen LogP contribution in [0, 0.1) is 25.2 Å². The number of aryl methyl sites for hydroxylation is 1. The first kappa shape index (κ1) is 24.4. The number of ether oxygens (including phenoxy) is 1. The molecule has 0 fully saturated rings. The second-order valence-corrected chi connectivity index (χ2v) is 10.3. The normalized spacial score (nSPS) is 11.6. The zero-order valence-electron chi connectivity index (χ0n) is 20.2. The van der Waals surface area contributed by atoms with Gasteiger partial charge in [0.25, 0.3) is 0 Å². The molecule has 0 aliphatic carbocycles. The Balaban J connectivity index is 1.50. The summed E-state index contributed by atoms with van der Waals surface area (Å²) in [5.74, 6) is -0.411. The number of hydrogen-bond acceptors (Lipinski definition) is 9. The molecule has 37 heavy (non-hydrogen) atoms. The van der Waals surface area contributed by atoms with E-state index in [1.165, 1.54) is 28.9 Å². The number of thiophene rings is 1. The Morgan fingerprint density at radius 3 is 2.81 bits per heavy atom. The Morgan fingerprint density at radius 2 is 2.03 bits per heavy atom. The van der Waals surface area contributed by atoms with E-state index < -0.39 is 11.6 Å². The fourth-order valence-corrected chi connectivity index (χ4v) is 5.83. The lowest BCUT2D eigenvalue weighted by atomic mass is 10.0. The molecule has 7 nitrogen and oxygen atoms in total. The maximum Gasteiger partial charge on any atom is 0.345 e. The quantitative estimate of drug-likeness (QED) is 0.111. The molecule has 3 heterocycles. The highest BCUT2D eigenvalue weighted by molar-refractivity contribution is 7.16. The van der Waals surface area contributed by atoms with Crippen molar-refractivity contribution in [3.63, 3.8) is 0 Å². The minimum absolute atomic E-state index is 0.269. The van der Waals surface area contributed by atoms with Gasteiger partial charge in [0.15, 0.2) is 0 Å². The molecular formula is C28H21N3O4S2. The third kappa shape index (κ3) is 4.53. The molecule has 0 saturated heterocycles. The molecule has 9 heteroatoms. The van der Waals surface area contributed by atoms with Crippen LogP contribution in [0.25, 0.3) is 38.6 Å². The summed E-state index contributed by atoms with van der Waals surface area (Å²) in [6.07, 6.45) is 1.52. The van der Waals surface area contributed by atoms with E-state index in [0.717, 1.165) is 26.6 Å². The zero-order valence-corrected chi connectivity index (χ0v) is 21.9. The van der Waals surface area contributed by atoms with Gasteiger partial charge in [-0.1, -0.05) is 30.3 Å². The number of allylic oxidation sites excluding steroid dienone is 1. The number of rotatable bonds is 6. The summed E-state index contributed by atoms with van der Waals surface area (Å²) in [5.41, 5.74) is 2.33. The first-order valence-corrected chi connectivity index (χ1v) is 13.2. The van der Waals surface area contributed by atoms with Crippen molar-refractivity contribution < 1.29 is 13.9 Å². The molecule has 3 aromatic heterocycles.